The third-order valence-corrected chi connectivity index (χ3v) is 3.04. The van der Waals surface area contributed by atoms with Crippen molar-refractivity contribution in [2.24, 2.45) is 5.16 Å². The summed E-state index contributed by atoms with van der Waals surface area (Å²) in [5.41, 5.74) is 2.75. The molecule has 0 spiro atoms. The topological polar surface area (TPSA) is 59.6 Å². The van der Waals surface area contributed by atoms with Crippen molar-refractivity contribution < 1.29 is 5.21 Å². The van der Waals surface area contributed by atoms with E-state index in [2.05, 4.69) is 16.1 Å². The molecule has 4 nitrogen and oxygen atoms in total. The van der Waals surface area contributed by atoms with E-state index in [0.717, 1.165) is 43.8 Å². The van der Waals surface area contributed by atoms with Crippen LogP contribution in [0.5, 0.6) is 0 Å². The van der Waals surface area contributed by atoms with E-state index in [1.807, 2.05) is 24.3 Å². The monoisotopic (exact) mass is 229 g/mol. The molecule has 0 amide bonds. The van der Waals surface area contributed by atoms with Crippen LogP contribution in [0.25, 0.3) is 0 Å². The summed E-state index contributed by atoms with van der Waals surface area (Å²) in [5, 5.41) is 20.8. The summed E-state index contributed by atoms with van der Waals surface area (Å²) in [5.74, 6) is 0. The molecule has 0 aromatic heterocycles. The fourth-order valence-corrected chi connectivity index (χ4v) is 2.07. The fraction of sp³-hybridized carbons (Fsp3) is 0.385. The van der Waals surface area contributed by atoms with Crippen LogP contribution < -0.4 is 0 Å². The molecule has 0 unspecified atom stereocenters. The first-order chi connectivity index (χ1) is 8.31. The van der Waals surface area contributed by atoms with Crippen molar-refractivity contribution in [3.8, 4) is 6.07 Å². The highest BCUT2D eigenvalue weighted by Gasteiger charge is 2.15. The Morgan fingerprint density at radius 1 is 1.35 bits per heavy atom. The molecule has 1 heterocycles. The van der Waals surface area contributed by atoms with Gasteiger partial charge in [0.15, 0.2) is 0 Å². The van der Waals surface area contributed by atoms with Gasteiger partial charge in [-0.1, -0.05) is 17.3 Å². The molecule has 1 aliphatic heterocycles. The lowest BCUT2D eigenvalue weighted by atomic mass is 10.1. The molecule has 0 radical (unpaired) electrons. The van der Waals surface area contributed by atoms with E-state index >= 15 is 0 Å². The van der Waals surface area contributed by atoms with Crippen LogP contribution in [-0.2, 0) is 6.54 Å². The Balaban J connectivity index is 1.95. The molecule has 0 bridgehead atoms. The maximum Gasteiger partial charge on any atom is 0.0991 e. The second kappa shape index (κ2) is 5.46. The number of nitrogens with zero attached hydrogens (tertiary/aromatic N) is 3. The summed E-state index contributed by atoms with van der Waals surface area (Å²) in [6, 6.07) is 9.85. The Morgan fingerprint density at radius 3 is 2.76 bits per heavy atom. The van der Waals surface area contributed by atoms with Gasteiger partial charge in [0.05, 0.1) is 17.3 Å². The summed E-state index contributed by atoms with van der Waals surface area (Å²) >= 11 is 0. The van der Waals surface area contributed by atoms with Gasteiger partial charge in [-0.3, -0.25) is 4.90 Å². The maximum atomic E-state index is 8.83. The Kier molecular flexibility index (Phi) is 3.73. The van der Waals surface area contributed by atoms with Gasteiger partial charge in [0.2, 0.25) is 0 Å². The molecule has 0 atom stereocenters. The molecule has 0 aliphatic carbocycles. The minimum Gasteiger partial charge on any atom is -0.411 e. The molecule has 1 fully saturated rings. The van der Waals surface area contributed by atoms with Gasteiger partial charge in [0.1, 0.15) is 0 Å². The molecule has 1 saturated heterocycles. The van der Waals surface area contributed by atoms with Crippen molar-refractivity contribution in [2.45, 2.75) is 19.4 Å². The zero-order valence-electron chi connectivity index (χ0n) is 9.63. The average molecular weight is 229 g/mol. The standard InChI is InChI=1S/C13H15N3O/c14-9-11-2-1-3-12(8-11)10-16-6-4-13(15-17)5-7-16/h1-3,8,17H,4-7,10H2. The van der Waals surface area contributed by atoms with E-state index in [0.29, 0.717) is 5.56 Å². The smallest absolute Gasteiger partial charge is 0.0991 e. The van der Waals surface area contributed by atoms with Gasteiger partial charge in [-0.05, 0) is 17.7 Å². The molecule has 4 heteroatoms. The second-order valence-corrected chi connectivity index (χ2v) is 4.25. The number of hydrogen-bond acceptors (Lipinski definition) is 4. The van der Waals surface area contributed by atoms with E-state index < -0.39 is 0 Å². The van der Waals surface area contributed by atoms with E-state index in [1.54, 1.807) is 0 Å². The lowest BCUT2D eigenvalue weighted by molar-refractivity contribution is 0.256. The minimum absolute atomic E-state index is 0.706. The van der Waals surface area contributed by atoms with Gasteiger partial charge in [-0.15, -0.1) is 0 Å². The normalized spacial score (nSPS) is 16.5. The van der Waals surface area contributed by atoms with Crippen LogP contribution in [0.4, 0.5) is 0 Å². The van der Waals surface area contributed by atoms with Crippen molar-refractivity contribution in [3.63, 3.8) is 0 Å². The first-order valence-corrected chi connectivity index (χ1v) is 5.73. The van der Waals surface area contributed by atoms with Crippen LogP contribution in [0, 0.1) is 11.3 Å². The highest BCUT2D eigenvalue weighted by atomic mass is 16.4. The number of oxime groups is 1. The third kappa shape index (κ3) is 3.05. The summed E-state index contributed by atoms with van der Waals surface area (Å²) in [6.45, 7) is 2.68. The maximum absolute atomic E-state index is 8.83. The van der Waals surface area contributed by atoms with Crippen LogP contribution in [0.3, 0.4) is 0 Å². The summed E-state index contributed by atoms with van der Waals surface area (Å²) < 4.78 is 0. The molecule has 88 valence electrons. The van der Waals surface area contributed by atoms with Crippen LogP contribution in [-0.4, -0.2) is 28.9 Å². The number of piperidine rings is 1. The van der Waals surface area contributed by atoms with Gasteiger partial charge in [0, 0.05) is 32.5 Å². The lowest BCUT2D eigenvalue weighted by Gasteiger charge is -2.26. The zero-order chi connectivity index (χ0) is 12.1. The first kappa shape index (κ1) is 11.6. The van der Waals surface area contributed by atoms with Gasteiger partial charge < -0.3 is 5.21 Å². The molecule has 2 rings (SSSR count). The fourth-order valence-electron chi connectivity index (χ4n) is 2.07. The summed E-state index contributed by atoms with van der Waals surface area (Å²) in [6.07, 6.45) is 1.66. The van der Waals surface area contributed by atoms with Crippen molar-refractivity contribution >= 4 is 5.71 Å². The van der Waals surface area contributed by atoms with Crippen molar-refractivity contribution in [3.05, 3.63) is 35.4 Å². The predicted molar refractivity (Wildman–Crippen MR) is 64.9 cm³/mol. The predicted octanol–water partition coefficient (Wildman–Crippen LogP) is 1.98. The molecule has 1 aromatic rings. The summed E-state index contributed by atoms with van der Waals surface area (Å²) in [7, 11) is 0. The summed E-state index contributed by atoms with van der Waals surface area (Å²) in [4.78, 5) is 2.31. The number of nitriles is 1. The van der Waals surface area contributed by atoms with Crippen molar-refractivity contribution in [1.29, 1.82) is 5.26 Å². The van der Waals surface area contributed by atoms with Crippen molar-refractivity contribution in [2.75, 3.05) is 13.1 Å². The van der Waals surface area contributed by atoms with E-state index in [-0.39, 0.29) is 0 Å². The molecule has 1 aromatic carbocycles. The SMILES string of the molecule is N#Cc1cccc(CN2CCC(=NO)CC2)c1. The number of rotatable bonds is 2. The Labute approximate surface area is 101 Å². The second-order valence-electron chi connectivity index (χ2n) is 4.25. The third-order valence-electron chi connectivity index (χ3n) is 3.04. The van der Waals surface area contributed by atoms with E-state index in [1.165, 1.54) is 0 Å². The Bertz CT molecular complexity index is 452. The minimum atomic E-state index is 0.706. The number of benzene rings is 1. The van der Waals surface area contributed by atoms with E-state index in [4.69, 9.17) is 10.5 Å². The average Bonchev–Trinajstić information content (AvgIpc) is 2.40. The largest absolute Gasteiger partial charge is 0.411 e. The zero-order valence-corrected chi connectivity index (χ0v) is 9.63. The van der Waals surface area contributed by atoms with Gasteiger partial charge in [-0.2, -0.15) is 5.26 Å². The van der Waals surface area contributed by atoms with Gasteiger partial charge in [-0.25, -0.2) is 0 Å². The number of hydrogen-bond donors (Lipinski definition) is 1. The first-order valence-electron chi connectivity index (χ1n) is 5.73. The van der Waals surface area contributed by atoms with E-state index in [9.17, 15) is 0 Å². The number of likely N-dealkylation sites (tertiary alicyclic amines) is 1. The Morgan fingerprint density at radius 2 is 2.12 bits per heavy atom. The van der Waals surface area contributed by atoms with Crippen LogP contribution in [0.1, 0.15) is 24.0 Å². The molecule has 0 saturated carbocycles. The van der Waals surface area contributed by atoms with Crippen LogP contribution >= 0.6 is 0 Å². The quantitative estimate of drug-likeness (QED) is 0.623. The van der Waals surface area contributed by atoms with Gasteiger partial charge >= 0.3 is 0 Å². The molecular formula is C13H15N3O. The molecule has 1 N–H and O–H groups in total. The molecule has 1 aliphatic rings. The highest BCUT2D eigenvalue weighted by Crippen LogP contribution is 2.12. The van der Waals surface area contributed by atoms with Crippen LogP contribution in [0.2, 0.25) is 0 Å². The van der Waals surface area contributed by atoms with Gasteiger partial charge in [0.25, 0.3) is 0 Å². The van der Waals surface area contributed by atoms with Crippen molar-refractivity contribution in [1.82, 2.24) is 4.90 Å². The Hall–Kier alpha value is -1.86. The molecule has 17 heavy (non-hydrogen) atoms. The molecular weight excluding hydrogens is 214 g/mol. The van der Waals surface area contributed by atoms with Crippen LogP contribution in [0.15, 0.2) is 29.4 Å². The highest BCUT2D eigenvalue weighted by molar-refractivity contribution is 5.84. The lowest BCUT2D eigenvalue weighted by Crippen LogP contribution is -2.33.